The van der Waals surface area contributed by atoms with E-state index in [4.69, 9.17) is 0 Å². The van der Waals surface area contributed by atoms with Crippen LogP contribution in [-0.2, 0) is 19.2 Å². The summed E-state index contributed by atoms with van der Waals surface area (Å²) < 4.78 is 0. The molecule has 14 heteroatoms. The van der Waals surface area contributed by atoms with E-state index >= 15 is 0 Å². The Morgan fingerprint density at radius 1 is 0.900 bits per heavy atom. The predicted molar refractivity (Wildman–Crippen MR) is 185 cm³/mol. The number of aromatic nitrogens is 1. The number of nitrogens with one attached hydrogen (secondary N) is 4. The van der Waals surface area contributed by atoms with Gasteiger partial charge in [-0.05, 0) is 47.5 Å². The van der Waals surface area contributed by atoms with Crippen LogP contribution in [0.1, 0.15) is 102 Å². The smallest absolute Gasteiger partial charge is 0.315 e. The fraction of sp³-hybridized carbons (Fsp3) is 0.667. The number of Topliss-reactive ketones (excluding diaryl/α,β-unsaturated/α-hetero) is 1. The van der Waals surface area contributed by atoms with E-state index in [1.54, 1.807) is 0 Å². The van der Waals surface area contributed by atoms with Crippen molar-refractivity contribution < 1.29 is 33.6 Å². The zero-order chi connectivity index (χ0) is 37.3. The lowest BCUT2D eigenvalue weighted by Gasteiger charge is -2.38. The van der Waals surface area contributed by atoms with E-state index in [1.807, 2.05) is 55.4 Å². The van der Waals surface area contributed by atoms with Crippen molar-refractivity contribution >= 4 is 41.4 Å². The Labute approximate surface area is 294 Å². The molecule has 1 saturated carbocycles. The second-order valence-corrected chi connectivity index (χ2v) is 16.3. The highest BCUT2D eigenvalue weighted by Crippen LogP contribution is 2.36. The molecule has 1 aromatic rings. The minimum Gasteiger partial charge on any atom is -0.353 e. The molecule has 3 aliphatic rings. The number of carbonyl (C=O) groups is 7. The number of fused-ring (bicyclic) bond motifs is 1. The molecule has 1 aliphatic carbocycles. The third-order valence-electron chi connectivity index (χ3n) is 10.1. The van der Waals surface area contributed by atoms with Crippen LogP contribution in [0.25, 0.3) is 0 Å². The molecule has 274 valence electrons. The molecule has 4 rings (SSSR count). The Kier molecular flexibility index (Phi) is 11.4. The highest BCUT2D eigenvalue weighted by molar-refractivity contribution is 6.38. The highest BCUT2D eigenvalue weighted by Gasteiger charge is 2.48. The lowest BCUT2D eigenvalue weighted by molar-refractivity contribution is -0.144. The van der Waals surface area contributed by atoms with Gasteiger partial charge in [0.1, 0.15) is 12.1 Å². The second-order valence-electron chi connectivity index (χ2n) is 16.3. The number of likely N-dealkylation sites (tertiary alicyclic amines) is 1. The van der Waals surface area contributed by atoms with Gasteiger partial charge in [0.05, 0.1) is 29.8 Å². The van der Waals surface area contributed by atoms with Gasteiger partial charge < -0.3 is 26.2 Å². The summed E-state index contributed by atoms with van der Waals surface area (Å²) in [5.74, 6) is -3.37. The van der Waals surface area contributed by atoms with Gasteiger partial charge in [0, 0.05) is 26.0 Å². The van der Waals surface area contributed by atoms with E-state index in [0.29, 0.717) is 12.8 Å². The number of pyridine rings is 1. The summed E-state index contributed by atoms with van der Waals surface area (Å²) in [6.07, 6.45) is 5.53. The summed E-state index contributed by atoms with van der Waals surface area (Å²) in [5, 5.41) is 10.9. The Morgan fingerprint density at radius 2 is 1.54 bits per heavy atom. The number of rotatable bonds is 12. The Balaban J connectivity index is 1.53. The predicted octanol–water partition coefficient (Wildman–Crippen LogP) is 2.28. The van der Waals surface area contributed by atoms with Crippen molar-refractivity contribution in [1.29, 1.82) is 0 Å². The fourth-order valence-electron chi connectivity index (χ4n) is 6.72. The minimum atomic E-state index is -1.07. The monoisotopic (exact) mass is 695 g/mol. The molecule has 14 nitrogen and oxygen atoms in total. The largest absolute Gasteiger partial charge is 0.353 e. The van der Waals surface area contributed by atoms with Crippen LogP contribution in [-0.4, -0.2) is 100 Å². The summed E-state index contributed by atoms with van der Waals surface area (Å²) in [6.45, 7) is 15.2. The van der Waals surface area contributed by atoms with Crippen LogP contribution >= 0.6 is 0 Å². The normalized spacial score (nSPS) is 21.0. The van der Waals surface area contributed by atoms with Gasteiger partial charge in [-0.15, -0.1) is 0 Å². The van der Waals surface area contributed by atoms with Crippen molar-refractivity contribution in [2.45, 2.75) is 105 Å². The van der Waals surface area contributed by atoms with E-state index in [-0.39, 0.29) is 42.0 Å². The van der Waals surface area contributed by atoms with E-state index < -0.39 is 76.3 Å². The minimum absolute atomic E-state index is 0.0230. The molecule has 0 spiro atoms. The SMILES string of the molecule is CNC(=O)C(=O)C(CC1CC1)NC(=O)[C@@H]1[C@@H](C(C)C)CCN1C(=O)[C@@H](NC(=O)N[C@H](CN1C(=O)c2ccncc2C1=O)C(C)(C)C)C(C)(C)C. The number of likely N-dealkylation sites (N-methyl/N-ethyl adjacent to an activating group) is 1. The van der Waals surface area contributed by atoms with Gasteiger partial charge in [0.25, 0.3) is 17.7 Å². The van der Waals surface area contributed by atoms with E-state index in [9.17, 15) is 33.6 Å². The number of amides is 7. The lowest BCUT2D eigenvalue weighted by Crippen LogP contribution is -2.62. The molecule has 1 aromatic heterocycles. The zero-order valence-corrected chi connectivity index (χ0v) is 30.7. The summed E-state index contributed by atoms with van der Waals surface area (Å²) in [5.41, 5.74) is -0.935. The van der Waals surface area contributed by atoms with Crippen molar-refractivity contribution in [3.05, 3.63) is 29.6 Å². The van der Waals surface area contributed by atoms with Crippen molar-refractivity contribution in [2.24, 2.45) is 28.6 Å². The van der Waals surface area contributed by atoms with Crippen molar-refractivity contribution in [1.82, 2.24) is 36.1 Å². The van der Waals surface area contributed by atoms with Crippen LogP contribution in [0, 0.1) is 28.6 Å². The summed E-state index contributed by atoms with van der Waals surface area (Å²) in [6, 6.07) is -2.85. The van der Waals surface area contributed by atoms with Crippen molar-refractivity contribution in [2.75, 3.05) is 20.1 Å². The molecule has 0 radical (unpaired) electrons. The Morgan fingerprint density at radius 3 is 2.08 bits per heavy atom. The molecule has 5 atom stereocenters. The first-order valence-corrected chi connectivity index (χ1v) is 17.5. The van der Waals surface area contributed by atoms with Crippen LogP contribution in [0.4, 0.5) is 4.79 Å². The number of hydrogen-bond donors (Lipinski definition) is 4. The van der Waals surface area contributed by atoms with Gasteiger partial charge in [0.15, 0.2) is 0 Å². The number of ketones is 1. The highest BCUT2D eigenvalue weighted by atomic mass is 16.2. The van der Waals surface area contributed by atoms with Crippen LogP contribution in [0.2, 0.25) is 0 Å². The number of imide groups is 1. The van der Waals surface area contributed by atoms with Gasteiger partial charge in [-0.1, -0.05) is 68.2 Å². The lowest BCUT2D eigenvalue weighted by atomic mass is 9.84. The quantitative estimate of drug-likeness (QED) is 0.189. The first-order valence-electron chi connectivity index (χ1n) is 17.5. The first kappa shape index (κ1) is 38.4. The van der Waals surface area contributed by atoms with Gasteiger partial charge in [-0.2, -0.15) is 0 Å². The Bertz CT molecular complexity index is 1490. The molecule has 2 fully saturated rings. The maximum atomic E-state index is 14.4. The first-order chi connectivity index (χ1) is 23.3. The number of urea groups is 1. The topological polar surface area (TPSA) is 187 Å². The molecule has 0 bridgehead atoms. The molecule has 4 N–H and O–H groups in total. The fourth-order valence-corrected chi connectivity index (χ4v) is 6.72. The molecular weight excluding hydrogens is 642 g/mol. The molecular formula is C36H53N7O7. The third-order valence-corrected chi connectivity index (χ3v) is 10.1. The standard InChI is InChI=1S/C36H53N7O7/c1-19(2)21-13-15-42(26(21)29(45)39-24(16-20-10-11-20)27(44)30(46)37-9)33(49)28(36(6,7)8)41-34(50)40-25(35(3,4)5)18-43-31(47)22-12-14-38-17-23(22)32(43)48/h12,14,17,19-21,24-26,28H,10-11,13,15-16,18H2,1-9H3,(H,37,46)(H,39,45)(H2,40,41,50)/t21-,24?,25-,26+,28-/m1/s1. The maximum Gasteiger partial charge on any atom is 0.315 e. The second kappa shape index (κ2) is 14.9. The molecule has 1 saturated heterocycles. The average Bonchev–Trinajstić information content (AvgIpc) is 3.69. The van der Waals surface area contributed by atoms with Gasteiger partial charge >= 0.3 is 6.03 Å². The number of hydrogen-bond acceptors (Lipinski definition) is 8. The molecule has 2 aliphatic heterocycles. The third kappa shape index (κ3) is 8.50. The number of nitrogens with zero attached hydrogens (tertiary/aromatic N) is 3. The van der Waals surface area contributed by atoms with Crippen LogP contribution in [0.5, 0.6) is 0 Å². The molecule has 3 heterocycles. The summed E-state index contributed by atoms with van der Waals surface area (Å²) in [7, 11) is 1.37. The van der Waals surface area contributed by atoms with Gasteiger partial charge in [0.2, 0.25) is 17.6 Å². The van der Waals surface area contributed by atoms with Crippen LogP contribution < -0.4 is 21.3 Å². The average molecular weight is 696 g/mol. The van der Waals surface area contributed by atoms with E-state index in [2.05, 4.69) is 26.3 Å². The molecule has 50 heavy (non-hydrogen) atoms. The molecule has 0 aromatic carbocycles. The van der Waals surface area contributed by atoms with Gasteiger partial charge in [-0.25, -0.2) is 4.79 Å². The van der Waals surface area contributed by atoms with E-state index in [1.165, 1.54) is 30.4 Å². The van der Waals surface area contributed by atoms with Crippen LogP contribution in [0.3, 0.4) is 0 Å². The van der Waals surface area contributed by atoms with Gasteiger partial charge in [-0.3, -0.25) is 38.7 Å². The maximum absolute atomic E-state index is 14.4. The zero-order valence-electron chi connectivity index (χ0n) is 30.7. The van der Waals surface area contributed by atoms with Crippen LogP contribution in [0.15, 0.2) is 18.5 Å². The Hall–Kier alpha value is -4.36. The summed E-state index contributed by atoms with van der Waals surface area (Å²) >= 11 is 0. The number of carbonyl (C=O) groups excluding carboxylic acids is 7. The van der Waals surface area contributed by atoms with E-state index in [0.717, 1.165) is 17.7 Å². The van der Waals surface area contributed by atoms with Crippen molar-refractivity contribution in [3.63, 3.8) is 0 Å². The van der Waals surface area contributed by atoms with Crippen molar-refractivity contribution in [3.8, 4) is 0 Å². The molecule has 7 amide bonds. The molecule has 1 unspecified atom stereocenters. The summed E-state index contributed by atoms with van der Waals surface area (Å²) in [4.78, 5) is 100.